The third-order valence-corrected chi connectivity index (χ3v) is 3.38. The van der Waals surface area contributed by atoms with Crippen molar-refractivity contribution >= 4 is 17.2 Å². The predicted molar refractivity (Wildman–Crippen MR) is 66.4 cm³/mol. The number of hydrogen-bond acceptors (Lipinski definition) is 2. The number of carbonyl (C=O) groups is 1. The van der Waals surface area contributed by atoms with E-state index in [1.807, 2.05) is 42.1 Å². The van der Waals surface area contributed by atoms with Gasteiger partial charge < -0.3 is 9.47 Å². The van der Waals surface area contributed by atoms with E-state index in [9.17, 15) is 4.79 Å². The molecule has 2 rings (SSSR count). The van der Waals surface area contributed by atoms with Crippen molar-refractivity contribution in [2.45, 2.75) is 6.92 Å². The van der Waals surface area contributed by atoms with Crippen LogP contribution in [-0.4, -0.2) is 29.5 Å². The number of nitrogens with zero attached hydrogens (tertiary/aromatic N) is 2. The molecule has 0 aliphatic rings. The molecule has 0 saturated heterocycles. The topological polar surface area (TPSA) is 25.2 Å². The zero-order valence-electron chi connectivity index (χ0n) is 9.60. The summed E-state index contributed by atoms with van der Waals surface area (Å²) in [5, 5.41) is 0.987. The van der Waals surface area contributed by atoms with Gasteiger partial charge in [-0.05, 0) is 25.1 Å². The van der Waals surface area contributed by atoms with Crippen molar-refractivity contribution in [3.63, 3.8) is 0 Å². The van der Waals surface area contributed by atoms with Gasteiger partial charge in [0.1, 0.15) is 5.00 Å². The first-order valence-corrected chi connectivity index (χ1v) is 5.86. The number of aromatic nitrogens is 1. The summed E-state index contributed by atoms with van der Waals surface area (Å²) in [5.41, 5.74) is 0.767. The highest BCUT2D eigenvalue weighted by atomic mass is 32.1. The molecule has 2 heterocycles. The molecule has 2 aromatic heterocycles. The lowest BCUT2D eigenvalue weighted by Gasteiger charge is -2.10. The van der Waals surface area contributed by atoms with Crippen molar-refractivity contribution in [2.24, 2.45) is 0 Å². The second-order valence-electron chi connectivity index (χ2n) is 3.87. The van der Waals surface area contributed by atoms with Crippen LogP contribution in [-0.2, 0) is 0 Å². The maximum Gasteiger partial charge on any atom is 0.256 e. The summed E-state index contributed by atoms with van der Waals surface area (Å²) in [6, 6.07) is 5.86. The molecule has 0 radical (unpaired) electrons. The summed E-state index contributed by atoms with van der Waals surface area (Å²) in [6.45, 7) is 2.02. The van der Waals surface area contributed by atoms with E-state index in [1.165, 1.54) is 0 Å². The van der Waals surface area contributed by atoms with Crippen LogP contribution in [0.25, 0.3) is 5.00 Å². The molecule has 3 nitrogen and oxygen atoms in total. The highest BCUT2D eigenvalue weighted by Crippen LogP contribution is 2.26. The average molecular weight is 234 g/mol. The van der Waals surface area contributed by atoms with Gasteiger partial charge in [-0.15, -0.1) is 11.3 Å². The van der Waals surface area contributed by atoms with E-state index < -0.39 is 0 Å². The fraction of sp³-hybridized carbons (Fsp3) is 0.250. The van der Waals surface area contributed by atoms with Crippen LogP contribution < -0.4 is 0 Å². The monoisotopic (exact) mass is 234 g/mol. The summed E-state index contributed by atoms with van der Waals surface area (Å²) in [7, 11) is 3.55. The standard InChI is InChI=1S/C12H14N2OS/c1-9-8-10(11(15)13(2)3)12(16-9)14-6-4-5-7-14/h4-8H,1-3H3. The van der Waals surface area contributed by atoms with E-state index in [4.69, 9.17) is 0 Å². The molecule has 4 heteroatoms. The Bertz CT molecular complexity index is 497. The smallest absolute Gasteiger partial charge is 0.256 e. The Labute approximate surface area is 98.9 Å². The van der Waals surface area contributed by atoms with Gasteiger partial charge in [0, 0.05) is 31.4 Å². The summed E-state index contributed by atoms with van der Waals surface area (Å²) in [6.07, 6.45) is 3.91. The van der Waals surface area contributed by atoms with E-state index in [0.29, 0.717) is 0 Å². The van der Waals surface area contributed by atoms with E-state index in [2.05, 4.69) is 0 Å². The maximum absolute atomic E-state index is 12.0. The molecule has 0 unspecified atom stereocenters. The molecule has 0 aromatic carbocycles. The Kier molecular flexibility index (Phi) is 2.83. The first-order chi connectivity index (χ1) is 7.59. The molecule has 0 bridgehead atoms. The van der Waals surface area contributed by atoms with Gasteiger partial charge in [-0.1, -0.05) is 0 Å². The molecule has 0 N–H and O–H groups in total. The highest BCUT2D eigenvalue weighted by molar-refractivity contribution is 7.14. The zero-order chi connectivity index (χ0) is 11.7. The van der Waals surface area contributed by atoms with Crippen LogP contribution in [0, 0.1) is 6.92 Å². The Morgan fingerprint density at radius 1 is 1.31 bits per heavy atom. The van der Waals surface area contributed by atoms with Crippen LogP contribution in [0.4, 0.5) is 0 Å². The lowest BCUT2D eigenvalue weighted by molar-refractivity contribution is 0.0828. The van der Waals surface area contributed by atoms with Crippen molar-refractivity contribution in [1.82, 2.24) is 9.47 Å². The van der Waals surface area contributed by atoms with Gasteiger partial charge in [-0.3, -0.25) is 4.79 Å². The van der Waals surface area contributed by atoms with Gasteiger partial charge >= 0.3 is 0 Å². The van der Waals surface area contributed by atoms with E-state index >= 15 is 0 Å². The van der Waals surface area contributed by atoms with Crippen LogP contribution in [0.3, 0.4) is 0 Å². The van der Waals surface area contributed by atoms with Gasteiger partial charge in [0.05, 0.1) is 5.56 Å². The number of thiophene rings is 1. The van der Waals surface area contributed by atoms with Crippen LogP contribution >= 0.6 is 11.3 Å². The van der Waals surface area contributed by atoms with E-state index in [-0.39, 0.29) is 5.91 Å². The summed E-state index contributed by atoms with van der Waals surface area (Å²) in [4.78, 5) is 14.7. The highest BCUT2D eigenvalue weighted by Gasteiger charge is 2.17. The van der Waals surface area contributed by atoms with Crippen molar-refractivity contribution < 1.29 is 4.79 Å². The minimum atomic E-state index is 0.0491. The number of amides is 1. The van der Waals surface area contributed by atoms with Crippen molar-refractivity contribution in [3.05, 3.63) is 41.0 Å². The molecule has 0 aliphatic carbocycles. The van der Waals surface area contributed by atoms with Gasteiger partial charge in [0.2, 0.25) is 0 Å². The summed E-state index contributed by atoms with van der Waals surface area (Å²) >= 11 is 1.63. The molecule has 0 fully saturated rings. The number of carbonyl (C=O) groups excluding carboxylic acids is 1. The molecule has 16 heavy (non-hydrogen) atoms. The lowest BCUT2D eigenvalue weighted by Crippen LogP contribution is -2.22. The fourth-order valence-corrected chi connectivity index (χ4v) is 2.52. The summed E-state index contributed by atoms with van der Waals surface area (Å²) < 4.78 is 1.98. The molecular weight excluding hydrogens is 220 g/mol. The number of aryl methyl sites for hydroxylation is 1. The fourth-order valence-electron chi connectivity index (χ4n) is 1.56. The van der Waals surface area contributed by atoms with Crippen LogP contribution in [0.5, 0.6) is 0 Å². The molecular formula is C12H14N2OS. The number of hydrogen-bond donors (Lipinski definition) is 0. The van der Waals surface area contributed by atoms with Crippen LogP contribution in [0.15, 0.2) is 30.6 Å². The predicted octanol–water partition coefficient (Wildman–Crippen LogP) is 2.55. The minimum Gasteiger partial charge on any atom is -0.345 e. The van der Waals surface area contributed by atoms with Gasteiger partial charge in [0.15, 0.2) is 0 Å². The molecule has 0 aliphatic heterocycles. The zero-order valence-corrected chi connectivity index (χ0v) is 10.4. The van der Waals surface area contributed by atoms with Crippen LogP contribution in [0.1, 0.15) is 15.2 Å². The Morgan fingerprint density at radius 3 is 2.50 bits per heavy atom. The van der Waals surface area contributed by atoms with Crippen molar-refractivity contribution in [3.8, 4) is 5.00 Å². The van der Waals surface area contributed by atoms with Gasteiger partial charge in [-0.2, -0.15) is 0 Å². The molecule has 0 atom stereocenters. The third kappa shape index (κ3) is 1.88. The van der Waals surface area contributed by atoms with Crippen molar-refractivity contribution in [2.75, 3.05) is 14.1 Å². The second-order valence-corrected chi connectivity index (χ2v) is 5.10. The molecule has 2 aromatic rings. The van der Waals surface area contributed by atoms with E-state index in [1.54, 1.807) is 30.3 Å². The normalized spacial score (nSPS) is 10.4. The molecule has 1 amide bonds. The molecule has 0 spiro atoms. The first kappa shape index (κ1) is 11.0. The minimum absolute atomic E-state index is 0.0491. The second kappa shape index (κ2) is 4.14. The Hall–Kier alpha value is -1.55. The third-order valence-electron chi connectivity index (χ3n) is 2.31. The van der Waals surface area contributed by atoms with Crippen molar-refractivity contribution in [1.29, 1.82) is 0 Å². The number of rotatable bonds is 2. The summed E-state index contributed by atoms with van der Waals surface area (Å²) in [5.74, 6) is 0.0491. The quantitative estimate of drug-likeness (QED) is 0.784. The van der Waals surface area contributed by atoms with E-state index in [0.717, 1.165) is 15.4 Å². The maximum atomic E-state index is 12.0. The first-order valence-electron chi connectivity index (χ1n) is 5.05. The Balaban J connectivity index is 2.50. The van der Waals surface area contributed by atoms with Crippen LogP contribution in [0.2, 0.25) is 0 Å². The Morgan fingerprint density at radius 2 is 1.94 bits per heavy atom. The van der Waals surface area contributed by atoms with Gasteiger partial charge in [-0.25, -0.2) is 0 Å². The SMILES string of the molecule is Cc1cc(C(=O)N(C)C)c(-n2cccc2)s1. The molecule has 0 saturated carbocycles. The average Bonchev–Trinajstić information content (AvgIpc) is 2.84. The van der Waals surface area contributed by atoms with Gasteiger partial charge in [0.25, 0.3) is 5.91 Å². The largest absolute Gasteiger partial charge is 0.345 e. The lowest BCUT2D eigenvalue weighted by atomic mass is 10.2. The molecule has 84 valence electrons.